The molecule has 1 aliphatic heterocycles. The van der Waals surface area contributed by atoms with E-state index >= 15 is 0 Å². The molecule has 1 amide bonds. The Morgan fingerprint density at radius 3 is 2.62 bits per heavy atom. The summed E-state index contributed by atoms with van der Waals surface area (Å²) in [6, 6.07) is 12.1. The number of halogens is 1. The van der Waals surface area contributed by atoms with Crippen molar-refractivity contribution in [3.63, 3.8) is 0 Å². The molecule has 6 nitrogen and oxygen atoms in total. The van der Waals surface area contributed by atoms with Crippen LogP contribution in [0.2, 0.25) is 0 Å². The number of hydrogen-bond acceptors (Lipinski definition) is 6. The number of benzene rings is 2. The Morgan fingerprint density at radius 1 is 1.27 bits per heavy atom. The Balaban J connectivity index is 1.91. The number of thioether (sulfide) groups is 1. The summed E-state index contributed by atoms with van der Waals surface area (Å²) in [7, 11) is 1.48. The zero-order valence-electron chi connectivity index (χ0n) is 13.5. The molecule has 0 aliphatic carbocycles. The molecule has 1 heterocycles. The highest BCUT2D eigenvalue weighted by Crippen LogP contribution is 2.36. The molecule has 2 aromatic carbocycles. The van der Waals surface area contributed by atoms with Crippen molar-refractivity contribution in [2.75, 3.05) is 7.11 Å². The molecule has 0 atom stereocenters. The van der Waals surface area contributed by atoms with Gasteiger partial charge >= 0.3 is 5.97 Å². The van der Waals surface area contributed by atoms with Crippen molar-refractivity contribution < 1.29 is 19.1 Å². The molecular formula is C18H13IN2O4S. The first-order valence-corrected chi connectivity index (χ1v) is 9.31. The fourth-order valence-corrected chi connectivity index (χ4v) is 3.68. The summed E-state index contributed by atoms with van der Waals surface area (Å²) in [4.78, 5) is 24.5. The summed E-state index contributed by atoms with van der Waals surface area (Å²) < 4.78 is 11.5. The largest absolute Gasteiger partial charge is 0.493 e. The molecule has 0 spiro atoms. The third kappa shape index (κ3) is 4.07. The SMILES string of the molecule is COc1cc(C=C2SC(=N)NC2=O)cc(I)c1OC(=O)c1ccccc1. The second-order valence-electron chi connectivity index (χ2n) is 5.18. The third-order valence-corrected chi connectivity index (χ3v) is 5.05. The fraction of sp³-hybridized carbons (Fsp3) is 0.0556. The van der Waals surface area contributed by atoms with Gasteiger partial charge in [0.05, 0.1) is 21.1 Å². The molecule has 0 aromatic heterocycles. The molecule has 1 aliphatic rings. The van der Waals surface area contributed by atoms with E-state index in [1.54, 1.807) is 42.5 Å². The lowest BCUT2D eigenvalue weighted by molar-refractivity contribution is -0.115. The third-order valence-electron chi connectivity index (χ3n) is 3.42. The predicted molar refractivity (Wildman–Crippen MR) is 109 cm³/mol. The van der Waals surface area contributed by atoms with E-state index in [-0.39, 0.29) is 11.1 Å². The van der Waals surface area contributed by atoms with Gasteiger partial charge in [0.2, 0.25) is 0 Å². The second kappa shape index (κ2) is 7.92. The first kappa shape index (κ1) is 18.5. The lowest BCUT2D eigenvalue weighted by Crippen LogP contribution is -2.18. The van der Waals surface area contributed by atoms with Crippen LogP contribution in [0.1, 0.15) is 15.9 Å². The van der Waals surface area contributed by atoms with Crippen molar-refractivity contribution in [3.8, 4) is 11.5 Å². The zero-order valence-corrected chi connectivity index (χ0v) is 16.5. The zero-order chi connectivity index (χ0) is 18.7. The molecule has 0 unspecified atom stereocenters. The summed E-state index contributed by atoms with van der Waals surface area (Å²) in [6.07, 6.45) is 1.66. The standard InChI is InChI=1S/C18H13IN2O4S/c1-24-13-8-10(9-14-16(22)21-18(20)26-14)7-12(19)15(13)25-17(23)11-5-3-2-4-6-11/h2-9H,1H3,(H2,20,21,22). The second-order valence-corrected chi connectivity index (χ2v) is 7.40. The van der Waals surface area contributed by atoms with E-state index < -0.39 is 5.97 Å². The molecule has 26 heavy (non-hydrogen) atoms. The van der Waals surface area contributed by atoms with Crippen LogP contribution in [0.15, 0.2) is 47.4 Å². The van der Waals surface area contributed by atoms with E-state index in [9.17, 15) is 9.59 Å². The smallest absolute Gasteiger partial charge is 0.343 e. The van der Waals surface area contributed by atoms with Gasteiger partial charge in [-0.2, -0.15) is 0 Å². The molecule has 1 saturated heterocycles. The molecule has 0 saturated carbocycles. The van der Waals surface area contributed by atoms with Crippen LogP contribution < -0.4 is 14.8 Å². The molecule has 0 radical (unpaired) electrons. The average molecular weight is 480 g/mol. The van der Waals surface area contributed by atoms with Gasteiger partial charge in [0.1, 0.15) is 0 Å². The predicted octanol–water partition coefficient (Wildman–Crippen LogP) is 3.66. The lowest BCUT2D eigenvalue weighted by Gasteiger charge is -2.12. The number of nitrogens with one attached hydrogen (secondary N) is 2. The Hall–Kier alpha value is -2.33. The van der Waals surface area contributed by atoms with Crippen LogP contribution in [0.4, 0.5) is 0 Å². The highest BCUT2D eigenvalue weighted by Gasteiger charge is 2.23. The van der Waals surface area contributed by atoms with Crippen LogP contribution in [0, 0.1) is 8.98 Å². The Kier molecular flexibility index (Phi) is 5.62. The summed E-state index contributed by atoms with van der Waals surface area (Å²) >= 11 is 3.10. The number of amides is 1. The van der Waals surface area contributed by atoms with Gasteiger partial charge in [-0.3, -0.25) is 10.2 Å². The first-order chi connectivity index (χ1) is 12.5. The van der Waals surface area contributed by atoms with Gasteiger partial charge in [0, 0.05) is 0 Å². The molecule has 1 fully saturated rings. The van der Waals surface area contributed by atoms with E-state index in [0.29, 0.717) is 31.1 Å². The number of ether oxygens (including phenoxy) is 2. The normalized spacial score (nSPS) is 15.1. The number of amidine groups is 1. The molecule has 2 N–H and O–H groups in total. The summed E-state index contributed by atoms with van der Waals surface area (Å²) in [5.74, 6) is -0.0902. The lowest BCUT2D eigenvalue weighted by atomic mass is 10.1. The van der Waals surface area contributed by atoms with Gasteiger partial charge < -0.3 is 14.8 Å². The topological polar surface area (TPSA) is 88.5 Å². The first-order valence-electron chi connectivity index (χ1n) is 7.42. The van der Waals surface area contributed by atoms with E-state index in [0.717, 1.165) is 11.8 Å². The van der Waals surface area contributed by atoms with Gasteiger partial charge in [-0.25, -0.2) is 4.79 Å². The molecule has 8 heteroatoms. The number of methoxy groups -OCH3 is 1. The monoisotopic (exact) mass is 480 g/mol. The minimum atomic E-state index is -0.480. The summed E-state index contributed by atoms with van der Waals surface area (Å²) in [6.45, 7) is 0. The van der Waals surface area contributed by atoms with Gasteiger partial charge in [0.15, 0.2) is 16.7 Å². The van der Waals surface area contributed by atoms with Crippen LogP contribution in [-0.4, -0.2) is 24.2 Å². The summed E-state index contributed by atoms with van der Waals surface area (Å²) in [5, 5.41) is 10.0. The van der Waals surface area contributed by atoms with Crippen LogP contribution in [0.25, 0.3) is 6.08 Å². The van der Waals surface area contributed by atoms with Crippen molar-refractivity contribution in [2.45, 2.75) is 0 Å². The average Bonchev–Trinajstić information content (AvgIpc) is 2.94. The highest BCUT2D eigenvalue weighted by atomic mass is 127. The van der Waals surface area contributed by atoms with Gasteiger partial charge in [0.25, 0.3) is 5.91 Å². The van der Waals surface area contributed by atoms with E-state index in [1.807, 2.05) is 28.7 Å². The molecular weight excluding hydrogens is 467 g/mol. The van der Waals surface area contributed by atoms with E-state index in [1.165, 1.54) is 7.11 Å². The van der Waals surface area contributed by atoms with Gasteiger partial charge in [-0.1, -0.05) is 18.2 Å². The van der Waals surface area contributed by atoms with Crippen molar-refractivity contribution in [1.29, 1.82) is 5.41 Å². The number of carbonyl (C=O) groups is 2. The number of carbonyl (C=O) groups excluding carboxylic acids is 2. The van der Waals surface area contributed by atoms with Crippen molar-refractivity contribution in [2.24, 2.45) is 0 Å². The van der Waals surface area contributed by atoms with Crippen molar-refractivity contribution in [1.82, 2.24) is 5.32 Å². The molecule has 2 aromatic rings. The van der Waals surface area contributed by atoms with Gasteiger partial charge in [-0.05, 0) is 70.3 Å². The fourth-order valence-electron chi connectivity index (χ4n) is 2.24. The van der Waals surface area contributed by atoms with Crippen LogP contribution in [-0.2, 0) is 4.79 Å². The highest BCUT2D eigenvalue weighted by molar-refractivity contribution is 14.1. The Morgan fingerprint density at radius 2 is 2.00 bits per heavy atom. The number of hydrogen-bond donors (Lipinski definition) is 2. The maximum absolute atomic E-state index is 12.3. The van der Waals surface area contributed by atoms with Crippen LogP contribution in [0.5, 0.6) is 11.5 Å². The van der Waals surface area contributed by atoms with Crippen LogP contribution >= 0.6 is 34.4 Å². The molecule has 132 valence electrons. The minimum absolute atomic E-state index is 0.0938. The van der Waals surface area contributed by atoms with Crippen molar-refractivity contribution >= 4 is 57.5 Å². The van der Waals surface area contributed by atoms with Crippen LogP contribution in [0.3, 0.4) is 0 Å². The maximum atomic E-state index is 12.3. The maximum Gasteiger partial charge on any atom is 0.343 e. The Bertz CT molecular complexity index is 928. The van der Waals surface area contributed by atoms with Gasteiger partial charge in [-0.15, -0.1) is 0 Å². The number of esters is 1. The minimum Gasteiger partial charge on any atom is -0.493 e. The summed E-state index contributed by atoms with van der Waals surface area (Å²) in [5.41, 5.74) is 1.15. The molecule has 3 rings (SSSR count). The number of rotatable bonds is 4. The molecule has 0 bridgehead atoms. The van der Waals surface area contributed by atoms with E-state index in [2.05, 4.69) is 5.32 Å². The van der Waals surface area contributed by atoms with E-state index in [4.69, 9.17) is 14.9 Å². The van der Waals surface area contributed by atoms with Crippen molar-refractivity contribution in [3.05, 3.63) is 62.1 Å². The quantitative estimate of drug-likeness (QED) is 0.302. The Labute approximate surface area is 167 Å².